The summed E-state index contributed by atoms with van der Waals surface area (Å²) in [5.41, 5.74) is 1.19. The van der Waals surface area contributed by atoms with Crippen LogP contribution in [0.25, 0.3) is 0 Å². The van der Waals surface area contributed by atoms with Crippen molar-refractivity contribution >= 4 is 5.96 Å². The van der Waals surface area contributed by atoms with Gasteiger partial charge in [-0.25, -0.2) is 0 Å². The van der Waals surface area contributed by atoms with Crippen LogP contribution in [0.2, 0.25) is 0 Å². The Kier molecular flexibility index (Phi) is 9.15. The van der Waals surface area contributed by atoms with Crippen molar-refractivity contribution in [1.29, 1.82) is 0 Å². The largest absolute Gasteiger partial charge is 0.494 e. The molecule has 1 saturated heterocycles. The maximum atomic E-state index is 5.76. The summed E-state index contributed by atoms with van der Waals surface area (Å²) >= 11 is 0. The van der Waals surface area contributed by atoms with E-state index in [2.05, 4.69) is 39.6 Å². The molecule has 1 aliphatic rings. The van der Waals surface area contributed by atoms with E-state index in [-0.39, 0.29) is 0 Å². The summed E-state index contributed by atoms with van der Waals surface area (Å²) in [4.78, 5) is 6.69. The molecular formula is C19H32N4O2. The van der Waals surface area contributed by atoms with Gasteiger partial charge in [0.1, 0.15) is 5.75 Å². The lowest BCUT2D eigenvalue weighted by Crippen LogP contribution is -2.44. The third kappa shape index (κ3) is 7.75. The standard InChI is InChI=1S/C19H32N4O2/c1-3-4-12-25-18-7-5-6-17(15-18)16-22-19(20-2)21-8-9-23-10-13-24-14-11-23/h5-7,15H,3-4,8-14,16H2,1-2H3,(H2,20,21,22). The Balaban J connectivity index is 1.69. The number of nitrogens with zero attached hydrogens (tertiary/aromatic N) is 2. The van der Waals surface area contributed by atoms with Gasteiger partial charge in [0.2, 0.25) is 0 Å². The normalized spacial score (nSPS) is 15.8. The van der Waals surface area contributed by atoms with Crippen molar-refractivity contribution in [2.75, 3.05) is 53.0 Å². The highest BCUT2D eigenvalue weighted by molar-refractivity contribution is 5.79. The fraction of sp³-hybridized carbons (Fsp3) is 0.632. The van der Waals surface area contributed by atoms with E-state index in [1.807, 2.05) is 12.1 Å². The summed E-state index contributed by atoms with van der Waals surface area (Å²) < 4.78 is 11.1. The fourth-order valence-electron chi connectivity index (χ4n) is 2.64. The molecule has 0 aliphatic carbocycles. The minimum absolute atomic E-state index is 0.724. The van der Waals surface area contributed by atoms with Crippen LogP contribution >= 0.6 is 0 Å². The van der Waals surface area contributed by atoms with Crippen LogP contribution in [0, 0.1) is 0 Å². The molecule has 25 heavy (non-hydrogen) atoms. The average Bonchev–Trinajstić information content (AvgIpc) is 2.66. The first kappa shape index (κ1) is 19.5. The summed E-state index contributed by atoms with van der Waals surface area (Å²) in [5.74, 6) is 1.76. The summed E-state index contributed by atoms with van der Waals surface area (Å²) in [6, 6.07) is 8.23. The number of hydrogen-bond donors (Lipinski definition) is 2. The molecule has 0 bridgehead atoms. The van der Waals surface area contributed by atoms with Gasteiger partial charge in [0, 0.05) is 39.8 Å². The van der Waals surface area contributed by atoms with Gasteiger partial charge >= 0.3 is 0 Å². The van der Waals surface area contributed by atoms with Crippen LogP contribution in [0.5, 0.6) is 5.75 Å². The average molecular weight is 348 g/mol. The van der Waals surface area contributed by atoms with Crippen LogP contribution < -0.4 is 15.4 Å². The van der Waals surface area contributed by atoms with E-state index < -0.39 is 0 Å². The van der Waals surface area contributed by atoms with Gasteiger partial charge in [-0.15, -0.1) is 0 Å². The smallest absolute Gasteiger partial charge is 0.191 e. The topological polar surface area (TPSA) is 58.1 Å². The molecule has 1 aromatic rings. The van der Waals surface area contributed by atoms with Gasteiger partial charge in [0.25, 0.3) is 0 Å². The Morgan fingerprint density at radius 2 is 2.12 bits per heavy atom. The zero-order chi connectivity index (χ0) is 17.7. The Labute approximate surface area is 151 Å². The molecule has 0 amide bonds. The molecule has 2 N–H and O–H groups in total. The number of morpholine rings is 1. The predicted octanol–water partition coefficient (Wildman–Crippen LogP) is 1.86. The minimum Gasteiger partial charge on any atom is -0.494 e. The summed E-state index contributed by atoms with van der Waals surface area (Å²) in [6.07, 6.45) is 2.23. The lowest BCUT2D eigenvalue weighted by atomic mass is 10.2. The number of hydrogen-bond acceptors (Lipinski definition) is 4. The van der Waals surface area contributed by atoms with Gasteiger partial charge in [-0.3, -0.25) is 9.89 Å². The Morgan fingerprint density at radius 3 is 2.88 bits per heavy atom. The summed E-state index contributed by atoms with van der Waals surface area (Å²) in [7, 11) is 1.80. The minimum atomic E-state index is 0.724. The zero-order valence-electron chi connectivity index (χ0n) is 15.6. The number of benzene rings is 1. The number of guanidine groups is 1. The summed E-state index contributed by atoms with van der Waals surface area (Å²) in [5, 5.41) is 6.73. The highest BCUT2D eigenvalue weighted by atomic mass is 16.5. The molecule has 1 heterocycles. The second-order valence-electron chi connectivity index (χ2n) is 6.16. The molecule has 0 radical (unpaired) electrons. The van der Waals surface area contributed by atoms with E-state index in [1.165, 1.54) is 5.56 Å². The Morgan fingerprint density at radius 1 is 1.28 bits per heavy atom. The van der Waals surface area contributed by atoms with Crippen LogP contribution in [-0.4, -0.2) is 63.9 Å². The van der Waals surface area contributed by atoms with Crippen LogP contribution in [0.15, 0.2) is 29.3 Å². The first-order valence-corrected chi connectivity index (χ1v) is 9.28. The second-order valence-corrected chi connectivity index (χ2v) is 6.16. The third-order valence-electron chi connectivity index (χ3n) is 4.17. The number of aliphatic imine (C=N–C) groups is 1. The molecule has 6 nitrogen and oxygen atoms in total. The Hall–Kier alpha value is -1.79. The molecule has 0 unspecified atom stereocenters. The predicted molar refractivity (Wildman–Crippen MR) is 102 cm³/mol. The van der Waals surface area contributed by atoms with Gasteiger partial charge in [-0.1, -0.05) is 25.5 Å². The van der Waals surface area contributed by atoms with Crippen molar-refractivity contribution in [3.05, 3.63) is 29.8 Å². The maximum absolute atomic E-state index is 5.76. The van der Waals surface area contributed by atoms with Crippen molar-refractivity contribution in [3.63, 3.8) is 0 Å². The molecule has 1 fully saturated rings. The highest BCUT2D eigenvalue weighted by Gasteiger charge is 2.09. The lowest BCUT2D eigenvalue weighted by molar-refractivity contribution is 0.0389. The van der Waals surface area contributed by atoms with Crippen LogP contribution in [0.3, 0.4) is 0 Å². The van der Waals surface area contributed by atoms with E-state index in [4.69, 9.17) is 9.47 Å². The van der Waals surface area contributed by atoms with Crippen molar-refractivity contribution in [1.82, 2.24) is 15.5 Å². The van der Waals surface area contributed by atoms with Crippen LogP contribution in [-0.2, 0) is 11.3 Å². The summed E-state index contributed by atoms with van der Waals surface area (Å²) in [6.45, 7) is 9.25. The van der Waals surface area contributed by atoms with Gasteiger partial charge in [-0.2, -0.15) is 0 Å². The number of nitrogens with one attached hydrogen (secondary N) is 2. The maximum Gasteiger partial charge on any atom is 0.191 e. The van der Waals surface area contributed by atoms with Gasteiger partial charge in [0.15, 0.2) is 5.96 Å². The molecule has 0 saturated carbocycles. The molecule has 1 aromatic carbocycles. The second kappa shape index (κ2) is 11.7. The van der Waals surface area contributed by atoms with E-state index in [0.29, 0.717) is 0 Å². The van der Waals surface area contributed by atoms with E-state index >= 15 is 0 Å². The van der Waals surface area contributed by atoms with Gasteiger partial charge in [-0.05, 0) is 24.1 Å². The van der Waals surface area contributed by atoms with E-state index in [0.717, 1.165) is 77.1 Å². The van der Waals surface area contributed by atoms with E-state index in [9.17, 15) is 0 Å². The quantitative estimate of drug-likeness (QED) is 0.405. The molecule has 6 heteroatoms. The van der Waals surface area contributed by atoms with Gasteiger partial charge in [0.05, 0.1) is 19.8 Å². The van der Waals surface area contributed by atoms with Crippen LogP contribution in [0.4, 0.5) is 0 Å². The first-order valence-electron chi connectivity index (χ1n) is 9.28. The molecule has 0 atom stereocenters. The molecule has 0 aromatic heterocycles. The lowest BCUT2D eigenvalue weighted by Gasteiger charge is -2.26. The monoisotopic (exact) mass is 348 g/mol. The SMILES string of the molecule is CCCCOc1cccc(CNC(=NC)NCCN2CCOCC2)c1. The van der Waals surface area contributed by atoms with Crippen molar-refractivity contribution in [2.24, 2.45) is 4.99 Å². The van der Waals surface area contributed by atoms with E-state index in [1.54, 1.807) is 7.05 Å². The number of unbranched alkanes of at least 4 members (excludes halogenated alkanes) is 1. The molecule has 2 rings (SSSR count). The third-order valence-corrected chi connectivity index (χ3v) is 4.17. The van der Waals surface area contributed by atoms with Crippen LogP contribution in [0.1, 0.15) is 25.3 Å². The number of ether oxygens (including phenoxy) is 2. The van der Waals surface area contributed by atoms with Crippen molar-refractivity contribution < 1.29 is 9.47 Å². The zero-order valence-corrected chi connectivity index (χ0v) is 15.6. The first-order chi connectivity index (χ1) is 12.3. The fourth-order valence-corrected chi connectivity index (χ4v) is 2.64. The van der Waals surface area contributed by atoms with Gasteiger partial charge < -0.3 is 20.1 Å². The molecule has 0 spiro atoms. The van der Waals surface area contributed by atoms with Crippen molar-refractivity contribution in [3.8, 4) is 5.75 Å². The van der Waals surface area contributed by atoms with Crippen molar-refractivity contribution in [2.45, 2.75) is 26.3 Å². The molecular weight excluding hydrogens is 316 g/mol. The molecule has 140 valence electrons. The molecule has 1 aliphatic heterocycles. The number of rotatable bonds is 9. The Bertz CT molecular complexity index is 516. The highest BCUT2D eigenvalue weighted by Crippen LogP contribution is 2.13.